The zero-order chi connectivity index (χ0) is 24.7. The van der Waals surface area contributed by atoms with E-state index in [1.165, 1.54) is 18.2 Å². The van der Waals surface area contributed by atoms with Crippen LogP contribution in [0.2, 0.25) is 10.0 Å². The highest BCUT2D eigenvalue weighted by molar-refractivity contribution is 14.1. The van der Waals surface area contributed by atoms with Crippen LogP contribution < -0.4 is 14.8 Å². The molecule has 9 heteroatoms. The lowest BCUT2D eigenvalue weighted by Crippen LogP contribution is -2.13. The van der Waals surface area contributed by atoms with Crippen molar-refractivity contribution in [3.63, 3.8) is 0 Å². The first-order valence-corrected chi connectivity index (χ1v) is 11.9. The largest absolute Gasteiger partial charge is 0.490 e. The second kappa shape index (κ2) is 12.1. The Balaban J connectivity index is 1.86. The zero-order valence-electron chi connectivity index (χ0n) is 17.9. The summed E-state index contributed by atoms with van der Waals surface area (Å²) < 4.78 is 25.5. The van der Waals surface area contributed by atoms with Gasteiger partial charge in [-0.05, 0) is 83.1 Å². The molecule has 1 amide bonds. The molecule has 3 aromatic carbocycles. The highest BCUT2D eigenvalue weighted by Crippen LogP contribution is 2.36. The van der Waals surface area contributed by atoms with Crippen LogP contribution in [0.3, 0.4) is 0 Å². The molecule has 0 atom stereocenters. The Morgan fingerprint density at radius 1 is 1.18 bits per heavy atom. The molecular formula is C25H18Cl2FIN2O3. The van der Waals surface area contributed by atoms with Crippen molar-refractivity contribution in [2.24, 2.45) is 0 Å². The fraction of sp³-hybridized carbons (Fsp3) is 0.120. The summed E-state index contributed by atoms with van der Waals surface area (Å²) in [6.07, 6.45) is 1.45. The normalized spacial score (nSPS) is 11.0. The van der Waals surface area contributed by atoms with E-state index >= 15 is 0 Å². The Morgan fingerprint density at radius 2 is 1.91 bits per heavy atom. The van der Waals surface area contributed by atoms with Crippen molar-refractivity contribution in [1.82, 2.24) is 0 Å². The highest BCUT2D eigenvalue weighted by Gasteiger charge is 2.16. The third-order valence-electron chi connectivity index (χ3n) is 4.50. The van der Waals surface area contributed by atoms with E-state index in [4.69, 9.17) is 32.7 Å². The maximum Gasteiger partial charge on any atom is 0.266 e. The van der Waals surface area contributed by atoms with E-state index in [0.29, 0.717) is 32.9 Å². The number of amides is 1. The quantitative estimate of drug-likeness (QED) is 0.166. The molecule has 1 N–H and O–H groups in total. The third-order valence-corrected chi connectivity index (χ3v) is 6.12. The van der Waals surface area contributed by atoms with Gasteiger partial charge in [-0.2, -0.15) is 5.26 Å². The fourth-order valence-electron chi connectivity index (χ4n) is 2.92. The van der Waals surface area contributed by atoms with Gasteiger partial charge >= 0.3 is 0 Å². The van der Waals surface area contributed by atoms with Crippen molar-refractivity contribution in [3.05, 3.63) is 90.7 Å². The van der Waals surface area contributed by atoms with Crippen molar-refractivity contribution in [1.29, 1.82) is 5.26 Å². The molecule has 0 spiro atoms. The molecule has 0 saturated heterocycles. The average molecular weight is 611 g/mol. The summed E-state index contributed by atoms with van der Waals surface area (Å²) in [5.41, 5.74) is 1.54. The fourth-order valence-corrected chi connectivity index (χ4v) is 4.04. The summed E-state index contributed by atoms with van der Waals surface area (Å²) in [4.78, 5) is 12.7. The number of rotatable bonds is 8. The summed E-state index contributed by atoms with van der Waals surface area (Å²) in [6.45, 7) is 2.44. The van der Waals surface area contributed by atoms with Crippen LogP contribution in [0.25, 0.3) is 6.08 Å². The number of hydrogen-bond donors (Lipinski definition) is 1. The topological polar surface area (TPSA) is 71.3 Å². The van der Waals surface area contributed by atoms with E-state index in [0.717, 1.165) is 5.56 Å². The van der Waals surface area contributed by atoms with E-state index < -0.39 is 5.91 Å². The molecule has 0 aliphatic heterocycles. The maximum absolute atomic E-state index is 13.1. The highest BCUT2D eigenvalue weighted by atomic mass is 127. The SMILES string of the molecule is CCOc1cc(/C=C(/C#N)C(=O)Nc2cccc(Cl)c2Cl)cc(I)c1OCc1ccc(F)cc1. The van der Waals surface area contributed by atoms with Crippen LogP contribution >= 0.6 is 45.8 Å². The van der Waals surface area contributed by atoms with E-state index in [2.05, 4.69) is 27.9 Å². The number of nitrogens with one attached hydrogen (secondary N) is 1. The van der Waals surface area contributed by atoms with Gasteiger partial charge in [-0.15, -0.1) is 0 Å². The number of ether oxygens (including phenoxy) is 2. The molecule has 0 aliphatic rings. The Bertz CT molecular complexity index is 1270. The van der Waals surface area contributed by atoms with Crippen LogP contribution in [-0.2, 0) is 11.4 Å². The molecule has 0 fully saturated rings. The predicted molar refractivity (Wildman–Crippen MR) is 140 cm³/mol. The number of anilines is 1. The Morgan fingerprint density at radius 3 is 2.59 bits per heavy atom. The van der Waals surface area contributed by atoms with Gasteiger partial charge in [0.1, 0.15) is 24.1 Å². The van der Waals surface area contributed by atoms with Gasteiger partial charge in [0, 0.05) is 0 Å². The van der Waals surface area contributed by atoms with E-state index in [9.17, 15) is 14.4 Å². The lowest BCUT2D eigenvalue weighted by atomic mass is 10.1. The minimum absolute atomic E-state index is 0.130. The zero-order valence-corrected chi connectivity index (χ0v) is 21.5. The molecule has 0 saturated carbocycles. The molecule has 0 unspecified atom stereocenters. The number of carbonyl (C=O) groups excluding carboxylic acids is 1. The summed E-state index contributed by atoms with van der Waals surface area (Å²) >= 11 is 14.2. The summed E-state index contributed by atoms with van der Waals surface area (Å²) in [7, 11) is 0. The minimum Gasteiger partial charge on any atom is -0.490 e. The molecule has 0 bridgehead atoms. The van der Waals surface area contributed by atoms with Crippen LogP contribution in [0.5, 0.6) is 11.5 Å². The van der Waals surface area contributed by atoms with Crippen molar-refractivity contribution in [3.8, 4) is 17.6 Å². The molecular weight excluding hydrogens is 593 g/mol. The van der Waals surface area contributed by atoms with E-state index in [1.807, 2.05) is 13.0 Å². The number of hydrogen-bond acceptors (Lipinski definition) is 4. The number of nitrogens with zero attached hydrogens (tertiary/aromatic N) is 1. The maximum atomic E-state index is 13.1. The predicted octanol–water partition coefficient (Wildman–Crippen LogP) is 7.26. The van der Waals surface area contributed by atoms with Crippen molar-refractivity contribution in [2.45, 2.75) is 13.5 Å². The third kappa shape index (κ3) is 6.63. The molecule has 5 nitrogen and oxygen atoms in total. The molecule has 0 heterocycles. The van der Waals surface area contributed by atoms with Gasteiger partial charge in [-0.1, -0.05) is 41.4 Å². The molecule has 3 rings (SSSR count). The van der Waals surface area contributed by atoms with Gasteiger partial charge in [-0.3, -0.25) is 4.79 Å². The number of halogens is 4. The first-order valence-electron chi connectivity index (χ1n) is 10.0. The van der Waals surface area contributed by atoms with Gasteiger partial charge in [0.2, 0.25) is 0 Å². The second-order valence-electron chi connectivity index (χ2n) is 6.90. The van der Waals surface area contributed by atoms with Gasteiger partial charge < -0.3 is 14.8 Å². The number of nitriles is 1. The van der Waals surface area contributed by atoms with E-state index in [1.54, 1.807) is 42.5 Å². The van der Waals surface area contributed by atoms with E-state index in [-0.39, 0.29) is 28.0 Å². The van der Waals surface area contributed by atoms with Crippen LogP contribution in [-0.4, -0.2) is 12.5 Å². The van der Waals surface area contributed by atoms with Gasteiger partial charge in [0.05, 0.1) is 25.9 Å². The standard InChI is InChI=1S/C25H18Cl2FIN2O3/c1-2-33-22-12-16(11-20(29)24(22)34-14-15-6-8-18(28)9-7-15)10-17(13-30)25(32)31-21-5-3-4-19(26)23(21)27/h3-12H,2,14H2,1H3,(H,31,32)/b17-10-. The van der Waals surface area contributed by atoms with Gasteiger partial charge in [0.15, 0.2) is 11.5 Å². The molecule has 0 aromatic heterocycles. The Hall–Kier alpha value is -2.80. The number of carbonyl (C=O) groups is 1. The molecule has 174 valence electrons. The van der Waals surface area contributed by atoms with Crippen LogP contribution in [0.1, 0.15) is 18.1 Å². The van der Waals surface area contributed by atoms with Crippen molar-refractivity contribution < 1.29 is 18.7 Å². The van der Waals surface area contributed by atoms with Crippen molar-refractivity contribution >= 4 is 63.5 Å². The second-order valence-corrected chi connectivity index (χ2v) is 8.85. The lowest BCUT2D eigenvalue weighted by molar-refractivity contribution is -0.112. The molecule has 34 heavy (non-hydrogen) atoms. The Kier molecular flexibility index (Phi) is 9.16. The number of benzene rings is 3. The summed E-state index contributed by atoms with van der Waals surface area (Å²) in [5, 5.41) is 12.6. The summed E-state index contributed by atoms with van der Waals surface area (Å²) in [5.74, 6) is 0.0200. The van der Waals surface area contributed by atoms with Gasteiger partial charge in [0.25, 0.3) is 5.91 Å². The van der Waals surface area contributed by atoms with Crippen LogP contribution in [0.4, 0.5) is 10.1 Å². The molecule has 3 aromatic rings. The summed E-state index contributed by atoms with van der Waals surface area (Å²) in [6, 6.07) is 16.2. The monoisotopic (exact) mass is 610 g/mol. The lowest BCUT2D eigenvalue weighted by Gasteiger charge is -2.15. The molecule has 0 aliphatic carbocycles. The van der Waals surface area contributed by atoms with Crippen LogP contribution in [0, 0.1) is 20.7 Å². The first kappa shape index (κ1) is 25.8. The van der Waals surface area contributed by atoms with Crippen LogP contribution in [0.15, 0.2) is 60.2 Å². The average Bonchev–Trinajstić information content (AvgIpc) is 2.81. The molecule has 0 radical (unpaired) electrons. The first-order chi connectivity index (χ1) is 16.3. The van der Waals surface area contributed by atoms with Gasteiger partial charge in [-0.25, -0.2) is 4.39 Å². The smallest absolute Gasteiger partial charge is 0.266 e. The van der Waals surface area contributed by atoms with Crippen molar-refractivity contribution in [2.75, 3.05) is 11.9 Å². The minimum atomic E-state index is -0.628. The Labute approximate surface area is 220 Å².